The highest BCUT2D eigenvalue weighted by Crippen LogP contribution is 2.23. The quantitative estimate of drug-likeness (QED) is 0.375. The van der Waals surface area contributed by atoms with Gasteiger partial charge < -0.3 is 4.79 Å². The van der Waals surface area contributed by atoms with Crippen molar-refractivity contribution in [2.75, 3.05) is 0 Å². The van der Waals surface area contributed by atoms with Crippen LogP contribution < -0.4 is 0 Å². The smallest absolute Gasteiger partial charge is 0.134 e. The minimum atomic E-state index is -0.513. The first-order valence-electron chi connectivity index (χ1n) is 7.98. The summed E-state index contributed by atoms with van der Waals surface area (Å²) in [4.78, 5) is 11.5. The minimum Gasteiger partial charge on any atom is -0.302 e. The van der Waals surface area contributed by atoms with Crippen molar-refractivity contribution in [3.05, 3.63) is 83.9 Å². The molecule has 0 radical (unpaired) electrons. The first kappa shape index (κ1) is 16.2. The van der Waals surface area contributed by atoms with Gasteiger partial charge in [0.25, 0.3) is 0 Å². The number of carbonyl (C=O) groups is 1. The Bertz CT molecular complexity index is 586. The predicted octanol–water partition coefficient (Wildman–Crippen LogP) is 5.11. The maximum atomic E-state index is 11.5. The van der Waals surface area contributed by atoms with Gasteiger partial charge in [-0.25, -0.2) is 0 Å². The minimum absolute atomic E-state index is 0.513. The van der Waals surface area contributed by atoms with Gasteiger partial charge in [-0.2, -0.15) is 0 Å². The van der Waals surface area contributed by atoms with Gasteiger partial charge in [-0.05, 0) is 43.7 Å². The highest BCUT2D eigenvalue weighted by atomic mass is 16.1. The van der Waals surface area contributed by atoms with Crippen molar-refractivity contribution in [1.29, 1.82) is 0 Å². The molecule has 0 amide bonds. The van der Waals surface area contributed by atoms with Gasteiger partial charge in [0.1, 0.15) is 6.29 Å². The molecule has 1 nitrogen and oxygen atoms in total. The molecule has 2 aromatic carbocycles. The Morgan fingerprint density at radius 2 is 1.55 bits per heavy atom. The lowest BCUT2D eigenvalue weighted by Crippen LogP contribution is -2.20. The van der Waals surface area contributed by atoms with E-state index >= 15 is 0 Å². The second kappa shape index (κ2) is 8.33. The molecular formula is C21H24O. The molecule has 0 bridgehead atoms. The van der Waals surface area contributed by atoms with E-state index < -0.39 is 5.41 Å². The fourth-order valence-corrected chi connectivity index (χ4v) is 2.56. The van der Waals surface area contributed by atoms with Crippen LogP contribution in [0.1, 0.15) is 37.3 Å². The highest BCUT2D eigenvalue weighted by molar-refractivity contribution is 5.71. The second-order valence-electron chi connectivity index (χ2n) is 5.90. The van der Waals surface area contributed by atoms with Crippen LogP contribution in [-0.4, -0.2) is 6.29 Å². The molecule has 0 aliphatic rings. The van der Waals surface area contributed by atoms with E-state index in [4.69, 9.17) is 0 Å². The number of aryl methyl sites for hydroxylation is 1. The van der Waals surface area contributed by atoms with Crippen molar-refractivity contribution in [1.82, 2.24) is 0 Å². The third-order valence-corrected chi connectivity index (χ3v) is 4.03. The summed E-state index contributed by atoms with van der Waals surface area (Å²) in [5, 5.41) is 0. The van der Waals surface area contributed by atoms with Gasteiger partial charge in [-0.1, -0.05) is 72.8 Å². The Labute approximate surface area is 133 Å². The van der Waals surface area contributed by atoms with Crippen molar-refractivity contribution in [3.63, 3.8) is 0 Å². The lowest BCUT2D eigenvalue weighted by atomic mass is 9.83. The van der Waals surface area contributed by atoms with Gasteiger partial charge >= 0.3 is 0 Å². The van der Waals surface area contributed by atoms with Crippen molar-refractivity contribution in [2.24, 2.45) is 0 Å². The first-order chi connectivity index (χ1) is 10.7. The fourth-order valence-electron chi connectivity index (χ4n) is 2.56. The zero-order chi connectivity index (χ0) is 15.7. The summed E-state index contributed by atoms with van der Waals surface area (Å²) in [5.41, 5.74) is 1.93. The van der Waals surface area contributed by atoms with Crippen LogP contribution in [0.4, 0.5) is 0 Å². The summed E-state index contributed by atoms with van der Waals surface area (Å²) in [6, 6.07) is 20.5. The summed E-state index contributed by atoms with van der Waals surface area (Å²) < 4.78 is 0. The van der Waals surface area contributed by atoms with Gasteiger partial charge in [-0.15, -0.1) is 0 Å². The van der Waals surface area contributed by atoms with E-state index in [0.29, 0.717) is 0 Å². The molecule has 0 saturated heterocycles. The van der Waals surface area contributed by atoms with Gasteiger partial charge in [0.15, 0.2) is 0 Å². The topological polar surface area (TPSA) is 17.1 Å². The van der Waals surface area contributed by atoms with E-state index in [1.54, 1.807) is 0 Å². The van der Waals surface area contributed by atoms with Gasteiger partial charge in [-0.3, -0.25) is 0 Å². The first-order valence-corrected chi connectivity index (χ1v) is 7.98. The molecule has 2 aromatic rings. The van der Waals surface area contributed by atoms with Crippen molar-refractivity contribution in [2.45, 2.75) is 38.0 Å². The molecule has 0 aliphatic heterocycles. The normalized spacial score (nSPS) is 13.9. The van der Waals surface area contributed by atoms with Gasteiger partial charge in [0.05, 0.1) is 5.41 Å². The number of allylic oxidation sites excluding steroid dienone is 2. The van der Waals surface area contributed by atoms with Crippen LogP contribution in [-0.2, 0) is 16.6 Å². The lowest BCUT2D eigenvalue weighted by Gasteiger charge is -2.19. The van der Waals surface area contributed by atoms with E-state index in [1.165, 1.54) is 12.0 Å². The molecule has 0 heterocycles. The molecular weight excluding hydrogens is 268 g/mol. The number of carbonyl (C=O) groups excluding carboxylic acids is 1. The standard InChI is InChI=1S/C21H24O/c1-21(18-22,20-15-9-5-10-16-20)17-11-3-2-6-12-19-13-7-4-8-14-19/h4-5,7-11,13-18H,2-3,6,12H2,1H3/b17-11+/t21-/m0/s1. The Hall–Kier alpha value is -2.15. The third-order valence-electron chi connectivity index (χ3n) is 4.03. The van der Waals surface area contributed by atoms with Crippen LogP contribution in [0.5, 0.6) is 0 Å². The van der Waals surface area contributed by atoms with E-state index in [1.807, 2.05) is 43.3 Å². The Morgan fingerprint density at radius 1 is 0.909 bits per heavy atom. The molecule has 1 atom stereocenters. The number of benzene rings is 2. The summed E-state index contributed by atoms with van der Waals surface area (Å²) in [6.45, 7) is 1.97. The van der Waals surface area contributed by atoms with E-state index in [9.17, 15) is 4.79 Å². The molecule has 0 saturated carbocycles. The molecule has 0 aromatic heterocycles. The van der Waals surface area contributed by atoms with Crippen LogP contribution in [0.3, 0.4) is 0 Å². The predicted molar refractivity (Wildman–Crippen MR) is 93.0 cm³/mol. The van der Waals surface area contributed by atoms with Crippen LogP contribution in [0.2, 0.25) is 0 Å². The molecule has 0 N–H and O–H groups in total. The monoisotopic (exact) mass is 292 g/mol. The molecule has 2 rings (SSSR count). The Kier molecular flexibility index (Phi) is 6.14. The van der Waals surface area contributed by atoms with E-state index in [-0.39, 0.29) is 0 Å². The molecule has 22 heavy (non-hydrogen) atoms. The average molecular weight is 292 g/mol. The molecule has 0 unspecified atom stereocenters. The summed E-state index contributed by atoms with van der Waals surface area (Å²) in [5.74, 6) is 0. The van der Waals surface area contributed by atoms with Crippen molar-refractivity contribution >= 4 is 6.29 Å². The zero-order valence-electron chi connectivity index (χ0n) is 13.2. The lowest BCUT2D eigenvalue weighted by molar-refractivity contribution is -0.110. The summed E-state index contributed by atoms with van der Waals surface area (Å²) in [7, 11) is 0. The third kappa shape index (κ3) is 4.70. The molecule has 1 heteroatoms. The van der Waals surface area contributed by atoms with Crippen molar-refractivity contribution < 1.29 is 4.79 Å². The molecule has 114 valence electrons. The fraction of sp³-hybridized carbons (Fsp3) is 0.286. The Morgan fingerprint density at radius 3 is 2.18 bits per heavy atom. The summed E-state index contributed by atoms with van der Waals surface area (Å²) >= 11 is 0. The van der Waals surface area contributed by atoms with Gasteiger partial charge in [0, 0.05) is 0 Å². The van der Waals surface area contributed by atoms with Gasteiger partial charge in [0.2, 0.25) is 0 Å². The van der Waals surface area contributed by atoms with E-state index in [0.717, 1.165) is 31.1 Å². The zero-order valence-corrected chi connectivity index (χ0v) is 13.2. The largest absolute Gasteiger partial charge is 0.302 e. The van der Waals surface area contributed by atoms with Crippen LogP contribution in [0.15, 0.2) is 72.8 Å². The number of unbranched alkanes of at least 4 members (excludes halogenated alkanes) is 2. The number of hydrogen-bond acceptors (Lipinski definition) is 1. The molecule has 0 aliphatic carbocycles. The highest BCUT2D eigenvalue weighted by Gasteiger charge is 2.21. The summed E-state index contributed by atoms with van der Waals surface area (Å²) in [6.07, 6.45) is 9.68. The SMILES string of the molecule is C[C@@](C=O)(/C=C/CCCCc1ccccc1)c1ccccc1. The maximum Gasteiger partial charge on any atom is 0.134 e. The van der Waals surface area contributed by atoms with Crippen LogP contribution in [0, 0.1) is 0 Å². The number of hydrogen-bond donors (Lipinski definition) is 0. The average Bonchev–Trinajstić information content (AvgIpc) is 2.59. The Balaban J connectivity index is 1.80. The van der Waals surface area contributed by atoms with Crippen molar-refractivity contribution in [3.8, 4) is 0 Å². The maximum absolute atomic E-state index is 11.5. The van der Waals surface area contributed by atoms with E-state index in [2.05, 4.69) is 36.4 Å². The van der Waals surface area contributed by atoms with Crippen LogP contribution >= 0.6 is 0 Å². The number of rotatable bonds is 8. The number of aldehydes is 1. The van der Waals surface area contributed by atoms with Crippen LogP contribution in [0.25, 0.3) is 0 Å². The molecule has 0 fully saturated rings. The second-order valence-corrected chi connectivity index (χ2v) is 5.90. The molecule has 0 spiro atoms.